The Morgan fingerprint density at radius 3 is 2.27 bits per heavy atom. The van der Waals surface area contributed by atoms with Crippen molar-refractivity contribution in [3.05, 3.63) is 71.3 Å². The highest BCUT2D eigenvalue weighted by Gasteiger charge is 2.47. The van der Waals surface area contributed by atoms with E-state index in [1.807, 2.05) is 24.3 Å². The quantitative estimate of drug-likeness (QED) is 0.244. The van der Waals surface area contributed by atoms with Crippen LogP contribution in [0.15, 0.2) is 60.2 Å². The Balaban J connectivity index is 1.57. The average molecular weight is 547 g/mol. The van der Waals surface area contributed by atoms with Gasteiger partial charge in [-0.15, -0.1) is 0 Å². The molecule has 0 bridgehead atoms. The maximum Gasteiger partial charge on any atom is 0.295 e. The van der Waals surface area contributed by atoms with Crippen LogP contribution >= 0.6 is 0 Å². The molecule has 1 amide bonds. The normalized spacial score (nSPS) is 19.3. The standard InChI is InChI=1S/C31H34N2O7/c1-37-23-8-7-20-17-22(6-5-21(20)18-23)29(34)27-28(25-19-24(38-2)9-10-26(25)39-3)33(31(36)30(27)35)12-4-11-32-13-15-40-16-14-32/h5-10,17-19,28,34H,4,11-16H2,1-3H3/b29-27+. The fraction of sp³-hybridized carbons (Fsp3) is 0.355. The first-order valence-electron chi connectivity index (χ1n) is 13.3. The summed E-state index contributed by atoms with van der Waals surface area (Å²) in [5, 5.41) is 13.4. The van der Waals surface area contributed by atoms with Crippen molar-refractivity contribution in [1.29, 1.82) is 0 Å². The van der Waals surface area contributed by atoms with Gasteiger partial charge in [-0.25, -0.2) is 0 Å². The highest BCUT2D eigenvalue weighted by molar-refractivity contribution is 6.46. The second kappa shape index (κ2) is 12.0. The number of nitrogens with zero attached hydrogens (tertiary/aromatic N) is 2. The number of Topliss-reactive ketones (excluding diaryl/α,β-unsaturated/α-hetero) is 1. The molecule has 0 aliphatic carbocycles. The van der Waals surface area contributed by atoms with Crippen LogP contribution in [0.3, 0.4) is 0 Å². The van der Waals surface area contributed by atoms with Crippen LogP contribution in [0.2, 0.25) is 0 Å². The molecule has 0 saturated carbocycles. The third-order valence-electron chi connectivity index (χ3n) is 7.57. The number of ether oxygens (including phenoxy) is 4. The molecule has 40 heavy (non-hydrogen) atoms. The number of hydrogen-bond donors (Lipinski definition) is 1. The SMILES string of the molecule is COc1ccc(OC)c(C2/C(=C(\O)c3ccc4cc(OC)ccc4c3)C(=O)C(=O)N2CCCN2CCOCC2)c1. The minimum Gasteiger partial charge on any atom is -0.507 e. The highest BCUT2D eigenvalue weighted by atomic mass is 16.5. The molecular weight excluding hydrogens is 512 g/mol. The first-order chi connectivity index (χ1) is 19.4. The number of morpholine rings is 1. The van der Waals surface area contributed by atoms with Crippen LogP contribution in [0.4, 0.5) is 0 Å². The number of benzene rings is 3. The first-order valence-corrected chi connectivity index (χ1v) is 13.3. The van der Waals surface area contributed by atoms with Crippen LogP contribution in [0, 0.1) is 0 Å². The molecule has 3 aromatic rings. The van der Waals surface area contributed by atoms with Gasteiger partial charge in [-0.1, -0.05) is 18.2 Å². The number of ketones is 1. The van der Waals surface area contributed by atoms with Crippen LogP contribution in [0.1, 0.15) is 23.6 Å². The molecule has 1 unspecified atom stereocenters. The lowest BCUT2D eigenvalue weighted by atomic mass is 9.93. The van der Waals surface area contributed by atoms with Crippen molar-refractivity contribution >= 4 is 28.2 Å². The topological polar surface area (TPSA) is 97.8 Å². The van der Waals surface area contributed by atoms with E-state index in [-0.39, 0.29) is 11.3 Å². The lowest BCUT2D eigenvalue weighted by Gasteiger charge is -2.29. The number of likely N-dealkylation sites (tertiary alicyclic amines) is 1. The van der Waals surface area contributed by atoms with Crippen molar-refractivity contribution in [3.8, 4) is 17.2 Å². The molecule has 0 radical (unpaired) electrons. The van der Waals surface area contributed by atoms with Gasteiger partial charge >= 0.3 is 0 Å². The lowest BCUT2D eigenvalue weighted by Crippen LogP contribution is -2.39. The summed E-state index contributed by atoms with van der Waals surface area (Å²) in [4.78, 5) is 30.8. The average Bonchev–Trinajstić information content (AvgIpc) is 3.25. The molecule has 2 heterocycles. The minimum atomic E-state index is -0.846. The van der Waals surface area contributed by atoms with Crippen molar-refractivity contribution < 1.29 is 33.6 Å². The van der Waals surface area contributed by atoms with Gasteiger partial charge in [0.15, 0.2) is 0 Å². The van der Waals surface area contributed by atoms with Crippen LogP contribution in [-0.4, -0.2) is 87.3 Å². The van der Waals surface area contributed by atoms with Crippen LogP contribution < -0.4 is 14.2 Å². The van der Waals surface area contributed by atoms with Crippen molar-refractivity contribution in [2.75, 3.05) is 60.7 Å². The third kappa shape index (κ3) is 5.35. The van der Waals surface area contributed by atoms with Crippen molar-refractivity contribution in [2.45, 2.75) is 12.5 Å². The van der Waals surface area contributed by atoms with Crippen LogP contribution in [0.5, 0.6) is 17.2 Å². The summed E-state index contributed by atoms with van der Waals surface area (Å²) in [5.41, 5.74) is 1.03. The molecule has 2 fully saturated rings. The Morgan fingerprint density at radius 2 is 1.55 bits per heavy atom. The summed E-state index contributed by atoms with van der Waals surface area (Å²) >= 11 is 0. The highest BCUT2D eigenvalue weighted by Crippen LogP contribution is 2.44. The predicted molar refractivity (Wildman–Crippen MR) is 151 cm³/mol. The molecule has 0 spiro atoms. The molecule has 3 aromatic carbocycles. The molecule has 2 aliphatic heterocycles. The second-order valence-electron chi connectivity index (χ2n) is 9.84. The number of methoxy groups -OCH3 is 3. The zero-order valence-corrected chi connectivity index (χ0v) is 23.0. The molecule has 9 nitrogen and oxygen atoms in total. The van der Waals surface area contributed by atoms with E-state index in [2.05, 4.69) is 4.90 Å². The molecule has 210 valence electrons. The Hall–Kier alpha value is -4.08. The van der Waals surface area contributed by atoms with E-state index < -0.39 is 17.7 Å². The lowest BCUT2D eigenvalue weighted by molar-refractivity contribution is -0.140. The molecule has 2 saturated heterocycles. The van der Waals surface area contributed by atoms with Gasteiger partial charge in [0.2, 0.25) is 0 Å². The number of hydrogen-bond acceptors (Lipinski definition) is 8. The number of fused-ring (bicyclic) bond motifs is 1. The maximum atomic E-state index is 13.6. The van der Waals surface area contributed by atoms with E-state index in [9.17, 15) is 14.7 Å². The second-order valence-corrected chi connectivity index (χ2v) is 9.84. The smallest absolute Gasteiger partial charge is 0.295 e. The summed E-state index contributed by atoms with van der Waals surface area (Å²) in [5.74, 6) is 0.146. The number of carbonyl (C=O) groups excluding carboxylic acids is 2. The predicted octanol–water partition coefficient (Wildman–Crippen LogP) is 4.01. The van der Waals surface area contributed by atoms with Gasteiger partial charge in [0.1, 0.15) is 23.0 Å². The van der Waals surface area contributed by atoms with E-state index in [1.54, 1.807) is 44.6 Å². The third-order valence-corrected chi connectivity index (χ3v) is 7.57. The number of carbonyl (C=O) groups is 2. The van der Waals surface area contributed by atoms with Gasteiger partial charge in [0, 0.05) is 37.3 Å². The number of aliphatic hydroxyl groups is 1. The molecule has 9 heteroatoms. The molecule has 2 aliphatic rings. The fourth-order valence-corrected chi connectivity index (χ4v) is 5.43. The zero-order chi connectivity index (χ0) is 28.2. The molecule has 0 aromatic heterocycles. The van der Waals surface area contributed by atoms with E-state index in [4.69, 9.17) is 18.9 Å². The van der Waals surface area contributed by atoms with E-state index in [1.165, 1.54) is 12.0 Å². The van der Waals surface area contributed by atoms with Gasteiger partial charge in [0.05, 0.1) is 46.2 Å². The first kappa shape index (κ1) is 27.5. The van der Waals surface area contributed by atoms with Gasteiger partial charge < -0.3 is 29.0 Å². The summed E-state index contributed by atoms with van der Waals surface area (Å²) in [7, 11) is 4.69. The van der Waals surface area contributed by atoms with E-state index >= 15 is 0 Å². The monoisotopic (exact) mass is 546 g/mol. The largest absolute Gasteiger partial charge is 0.507 e. The zero-order valence-electron chi connectivity index (χ0n) is 23.0. The number of aliphatic hydroxyl groups excluding tert-OH is 1. The summed E-state index contributed by atoms with van der Waals surface area (Å²) < 4.78 is 21.9. The molecule has 1 atom stereocenters. The van der Waals surface area contributed by atoms with Crippen LogP contribution in [-0.2, 0) is 14.3 Å². The van der Waals surface area contributed by atoms with Gasteiger partial charge in [0.25, 0.3) is 11.7 Å². The van der Waals surface area contributed by atoms with Crippen molar-refractivity contribution in [1.82, 2.24) is 9.80 Å². The number of amides is 1. The molecular formula is C31H34N2O7. The van der Waals surface area contributed by atoms with Crippen molar-refractivity contribution in [3.63, 3.8) is 0 Å². The van der Waals surface area contributed by atoms with Gasteiger partial charge in [-0.3, -0.25) is 14.5 Å². The van der Waals surface area contributed by atoms with Crippen LogP contribution in [0.25, 0.3) is 16.5 Å². The van der Waals surface area contributed by atoms with E-state index in [0.29, 0.717) is 48.8 Å². The van der Waals surface area contributed by atoms with Crippen molar-refractivity contribution in [2.24, 2.45) is 0 Å². The molecule has 1 N–H and O–H groups in total. The summed E-state index contributed by atoms with van der Waals surface area (Å²) in [6.45, 7) is 4.14. The molecule has 5 rings (SSSR count). The van der Waals surface area contributed by atoms with E-state index in [0.717, 1.165) is 36.2 Å². The Labute approximate surface area is 233 Å². The summed E-state index contributed by atoms with van der Waals surface area (Å²) in [6.07, 6.45) is 0.660. The Kier molecular flexibility index (Phi) is 8.23. The Bertz CT molecular complexity index is 1440. The maximum absolute atomic E-state index is 13.6. The Morgan fingerprint density at radius 1 is 0.875 bits per heavy atom. The van der Waals surface area contributed by atoms with Gasteiger partial charge in [-0.2, -0.15) is 0 Å². The number of rotatable bonds is 9. The fourth-order valence-electron chi connectivity index (χ4n) is 5.43. The van der Waals surface area contributed by atoms with Gasteiger partial charge in [-0.05, 0) is 53.6 Å². The summed E-state index contributed by atoms with van der Waals surface area (Å²) in [6, 6.07) is 15.4. The minimum absolute atomic E-state index is 0.0239.